The minimum absolute atomic E-state index is 0.285. The minimum Gasteiger partial charge on any atom is -0.480 e. The van der Waals surface area contributed by atoms with E-state index < -0.39 is 5.97 Å². The molecule has 1 aliphatic rings. The second-order valence-electron chi connectivity index (χ2n) is 5.15. The zero-order valence-corrected chi connectivity index (χ0v) is 11.5. The van der Waals surface area contributed by atoms with Gasteiger partial charge < -0.3 is 10.4 Å². The Morgan fingerprint density at radius 3 is 3.05 bits per heavy atom. The fourth-order valence-electron chi connectivity index (χ4n) is 2.83. The molecule has 2 N–H and O–H groups in total. The van der Waals surface area contributed by atoms with Crippen LogP contribution in [0.3, 0.4) is 0 Å². The molecule has 2 heterocycles. The molecule has 3 rings (SSSR count). The molecule has 0 bridgehead atoms. The molecular weight excluding hydrogens is 258 g/mol. The molecular formula is C15H17NO2S. The Hall–Kier alpha value is -1.39. The number of hydrogen-bond acceptors (Lipinski definition) is 3. The first kappa shape index (κ1) is 12.6. The molecule has 0 radical (unpaired) electrons. The molecule has 0 spiro atoms. The summed E-state index contributed by atoms with van der Waals surface area (Å²) in [7, 11) is 0. The topological polar surface area (TPSA) is 49.3 Å². The standard InChI is InChI=1S/C15H17NO2S/c17-15(18)13-6-3-4-11(16-13)8-10-9-19-14-7-2-1-5-12(10)14/h1-2,5,7,9,11,13,16H,3-4,6,8H2,(H,17,18). The van der Waals surface area contributed by atoms with Gasteiger partial charge in [0.15, 0.2) is 0 Å². The molecule has 1 saturated heterocycles. The Morgan fingerprint density at radius 1 is 1.37 bits per heavy atom. The van der Waals surface area contributed by atoms with Gasteiger partial charge in [-0.3, -0.25) is 4.79 Å². The fourth-order valence-corrected chi connectivity index (χ4v) is 3.81. The summed E-state index contributed by atoms with van der Waals surface area (Å²) >= 11 is 1.77. The van der Waals surface area contributed by atoms with Gasteiger partial charge in [0.05, 0.1) is 0 Å². The molecule has 0 amide bonds. The van der Waals surface area contributed by atoms with Crippen LogP contribution in [0.2, 0.25) is 0 Å². The van der Waals surface area contributed by atoms with E-state index in [0.717, 1.165) is 25.7 Å². The van der Waals surface area contributed by atoms with Crippen molar-refractivity contribution in [3.8, 4) is 0 Å². The van der Waals surface area contributed by atoms with Gasteiger partial charge in [-0.15, -0.1) is 11.3 Å². The first-order valence-electron chi connectivity index (χ1n) is 6.68. The Balaban J connectivity index is 1.76. The second-order valence-corrected chi connectivity index (χ2v) is 6.06. The van der Waals surface area contributed by atoms with E-state index in [1.165, 1.54) is 15.6 Å². The lowest BCUT2D eigenvalue weighted by Gasteiger charge is -2.28. The molecule has 3 nitrogen and oxygen atoms in total. The summed E-state index contributed by atoms with van der Waals surface area (Å²) in [5, 5.41) is 15.9. The molecule has 4 heteroatoms. The third kappa shape index (κ3) is 2.65. The predicted molar refractivity (Wildman–Crippen MR) is 77.7 cm³/mol. The van der Waals surface area contributed by atoms with Crippen LogP contribution in [0.1, 0.15) is 24.8 Å². The zero-order valence-electron chi connectivity index (χ0n) is 10.6. The van der Waals surface area contributed by atoms with Crippen molar-refractivity contribution in [2.75, 3.05) is 0 Å². The number of nitrogens with one attached hydrogen (secondary N) is 1. The van der Waals surface area contributed by atoms with E-state index in [1.807, 2.05) is 0 Å². The van der Waals surface area contributed by atoms with E-state index in [4.69, 9.17) is 5.11 Å². The van der Waals surface area contributed by atoms with Gasteiger partial charge in [-0.2, -0.15) is 0 Å². The molecule has 1 aromatic carbocycles. The third-order valence-electron chi connectivity index (χ3n) is 3.81. The lowest BCUT2D eigenvalue weighted by molar-refractivity contribution is -0.140. The average Bonchev–Trinajstić information content (AvgIpc) is 2.83. The molecule has 0 aliphatic carbocycles. The maximum atomic E-state index is 11.1. The maximum absolute atomic E-state index is 11.1. The molecule has 2 atom stereocenters. The summed E-state index contributed by atoms with van der Waals surface area (Å²) in [4.78, 5) is 11.1. The molecule has 0 saturated carbocycles. The smallest absolute Gasteiger partial charge is 0.320 e. The largest absolute Gasteiger partial charge is 0.480 e. The van der Waals surface area contributed by atoms with Crippen LogP contribution >= 0.6 is 11.3 Å². The van der Waals surface area contributed by atoms with E-state index in [-0.39, 0.29) is 12.1 Å². The first-order chi connectivity index (χ1) is 9.24. The maximum Gasteiger partial charge on any atom is 0.320 e. The van der Waals surface area contributed by atoms with E-state index in [9.17, 15) is 4.79 Å². The Bertz CT molecular complexity index is 593. The van der Waals surface area contributed by atoms with Crippen molar-refractivity contribution in [3.05, 3.63) is 35.2 Å². The van der Waals surface area contributed by atoms with Crippen molar-refractivity contribution in [1.82, 2.24) is 5.32 Å². The monoisotopic (exact) mass is 275 g/mol. The number of thiophene rings is 1. The lowest BCUT2D eigenvalue weighted by Crippen LogP contribution is -2.47. The van der Waals surface area contributed by atoms with Gasteiger partial charge in [-0.05, 0) is 48.1 Å². The number of carbonyl (C=O) groups is 1. The van der Waals surface area contributed by atoms with Crippen LogP contribution < -0.4 is 5.32 Å². The highest BCUT2D eigenvalue weighted by Gasteiger charge is 2.26. The van der Waals surface area contributed by atoms with Crippen molar-refractivity contribution in [3.63, 3.8) is 0 Å². The molecule has 1 aliphatic heterocycles. The summed E-state index contributed by atoms with van der Waals surface area (Å²) in [6.45, 7) is 0. The van der Waals surface area contributed by atoms with Gasteiger partial charge in [0, 0.05) is 10.7 Å². The number of piperidine rings is 1. The fraction of sp³-hybridized carbons (Fsp3) is 0.400. The molecule has 19 heavy (non-hydrogen) atoms. The van der Waals surface area contributed by atoms with Gasteiger partial charge in [0.1, 0.15) is 6.04 Å². The number of carboxylic acid groups (broad SMARTS) is 1. The number of carboxylic acids is 1. The third-order valence-corrected chi connectivity index (χ3v) is 4.82. The summed E-state index contributed by atoms with van der Waals surface area (Å²) in [5.74, 6) is -0.722. The minimum atomic E-state index is -0.722. The van der Waals surface area contributed by atoms with Gasteiger partial charge in [-0.25, -0.2) is 0 Å². The normalized spacial score (nSPS) is 23.6. The highest BCUT2D eigenvalue weighted by atomic mass is 32.1. The van der Waals surface area contributed by atoms with Crippen LogP contribution in [0.5, 0.6) is 0 Å². The number of rotatable bonds is 3. The number of hydrogen-bond donors (Lipinski definition) is 2. The molecule has 2 aromatic rings. The van der Waals surface area contributed by atoms with Crippen molar-refractivity contribution in [2.45, 2.75) is 37.8 Å². The van der Waals surface area contributed by atoms with Crippen LogP contribution in [-0.2, 0) is 11.2 Å². The van der Waals surface area contributed by atoms with E-state index in [2.05, 4.69) is 35.0 Å². The SMILES string of the molecule is O=C(O)C1CCCC(Cc2csc3ccccc23)N1. The number of aliphatic carboxylic acids is 1. The number of fused-ring (bicyclic) bond motifs is 1. The lowest BCUT2D eigenvalue weighted by atomic mass is 9.94. The van der Waals surface area contributed by atoms with Crippen LogP contribution in [0.15, 0.2) is 29.6 Å². The van der Waals surface area contributed by atoms with Crippen molar-refractivity contribution in [1.29, 1.82) is 0 Å². The van der Waals surface area contributed by atoms with Gasteiger partial charge in [-0.1, -0.05) is 18.2 Å². The Kier molecular flexibility index (Phi) is 3.53. The van der Waals surface area contributed by atoms with Crippen molar-refractivity contribution in [2.24, 2.45) is 0 Å². The van der Waals surface area contributed by atoms with Crippen LogP contribution in [0.4, 0.5) is 0 Å². The Morgan fingerprint density at radius 2 is 2.21 bits per heavy atom. The summed E-state index contributed by atoms with van der Waals surface area (Å²) < 4.78 is 1.31. The van der Waals surface area contributed by atoms with E-state index in [0.29, 0.717) is 0 Å². The molecule has 1 aromatic heterocycles. The second kappa shape index (κ2) is 5.31. The predicted octanol–water partition coefficient (Wildman–Crippen LogP) is 3.04. The van der Waals surface area contributed by atoms with Crippen LogP contribution in [-0.4, -0.2) is 23.2 Å². The van der Waals surface area contributed by atoms with Gasteiger partial charge in [0.2, 0.25) is 0 Å². The van der Waals surface area contributed by atoms with E-state index in [1.54, 1.807) is 11.3 Å². The molecule has 1 fully saturated rings. The average molecular weight is 275 g/mol. The van der Waals surface area contributed by atoms with Crippen LogP contribution in [0, 0.1) is 0 Å². The first-order valence-corrected chi connectivity index (χ1v) is 7.56. The van der Waals surface area contributed by atoms with Crippen molar-refractivity contribution < 1.29 is 9.90 Å². The highest BCUT2D eigenvalue weighted by Crippen LogP contribution is 2.28. The summed E-state index contributed by atoms with van der Waals surface area (Å²) in [6.07, 6.45) is 3.73. The summed E-state index contributed by atoms with van der Waals surface area (Å²) in [6, 6.07) is 8.32. The number of benzene rings is 1. The molecule has 100 valence electrons. The van der Waals surface area contributed by atoms with Gasteiger partial charge >= 0.3 is 5.97 Å². The molecule has 2 unspecified atom stereocenters. The van der Waals surface area contributed by atoms with E-state index >= 15 is 0 Å². The Labute approximate surface area is 116 Å². The summed E-state index contributed by atoms with van der Waals surface area (Å²) in [5.41, 5.74) is 1.34. The van der Waals surface area contributed by atoms with Crippen LogP contribution in [0.25, 0.3) is 10.1 Å². The quantitative estimate of drug-likeness (QED) is 0.905. The van der Waals surface area contributed by atoms with Gasteiger partial charge in [0.25, 0.3) is 0 Å². The van der Waals surface area contributed by atoms with Crippen molar-refractivity contribution >= 4 is 27.4 Å². The zero-order chi connectivity index (χ0) is 13.2. The highest BCUT2D eigenvalue weighted by molar-refractivity contribution is 7.17.